The SMILES string of the molecule is CC1(C(CCc2ccc3c(c2)CCO3)NN)CCCC1. The Bertz CT molecular complexity index is 466. The maximum atomic E-state index is 5.82. The van der Waals surface area contributed by atoms with Crippen LogP contribution in [-0.2, 0) is 12.8 Å². The molecule has 20 heavy (non-hydrogen) atoms. The van der Waals surface area contributed by atoms with E-state index in [1.54, 1.807) is 0 Å². The fourth-order valence-corrected chi connectivity index (χ4v) is 3.87. The number of fused-ring (bicyclic) bond motifs is 1. The maximum Gasteiger partial charge on any atom is 0.122 e. The van der Waals surface area contributed by atoms with Crippen molar-refractivity contribution in [2.45, 2.75) is 57.9 Å². The van der Waals surface area contributed by atoms with Crippen molar-refractivity contribution in [3.05, 3.63) is 29.3 Å². The molecular formula is C17H26N2O. The van der Waals surface area contributed by atoms with Gasteiger partial charge in [0.05, 0.1) is 6.61 Å². The third-order valence-electron chi connectivity index (χ3n) is 5.26. The van der Waals surface area contributed by atoms with Gasteiger partial charge in [-0.05, 0) is 48.3 Å². The summed E-state index contributed by atoms with van der Waals surface area (Å²) >= 11 is 0. The molecule has 0 saturated heterocycles. The number of hydrogen-bond donors (Lipinski definition) is 2. The predicted octanol–water partition coefficient (Wildman–Crippen LogP) is 2.97. The Hall–Kier alpha value is -1.06. The number of rotatable bonds is 5. The number of ether oxygens (including phenoxy) is 1. The molecule has 3 nitrogen and oxygen atoms in total. The fraction of sp³-hybridized carbons (Fsp3) is 0.647. The molecule has 2 aliphatic rings. The molecule has 110 valence electrons. The molecule has 1 unspecified atom stereocenters. The molecule has 0 radical (unpaired) electrons. The van der Waals surface area contributed by atoms with Gasteiger partial charge in [0.1, 0.15) is 5.75 Å². The second kappa shape index (κ2) is 5.74. The van der Waals surface area contributed by atoms with Crippen molar-refractivity contribution in [2.75, 3.05) is 6.61 Å². The topological polar surface area (TPSA) is 47.3 Å². The third-order valence-corrected chi connectivity index (χ3v) is 5.26. The van der Waals surface area contributed by atoms with E-state index in [9.17, 15) is 0 Å². The number of hydrogen-bond acceptors (Lipinski definition) is 3. The van der Waals surface area contributed by atoms with E-state index in [4.69, 9.17) is 10.6 Å². The summed E-state index contributed by atoms with van der Waals surface area (Å²) in [4.78, 5) is 0. The first-order valence-corrected chi connectivity index (χ1v) is 7.92. The van der Waals surface area contributed by atoms with Crippen LogP contribution in [0.1, 0.15) is 50.2 Å². The lowest BCUT2D eigenvalue weighted by Crippen LogP contribution is -2.46. The average molecular weight is 274 g/mol. The smallest absolute Gasteiger partial charge is 0.122 e. The van der Waals surface area contributed by atoms with Crippen LogP contribution < -0.4 is 16.0 Å². The van der Waals surface area contributed by atoms with E-state index >= 15 is 0 Å². The molecule has 1 aliphatic carbocycles. The molecule has 0 aromatic heterocycles. The Morgan fingerprint density at radius 3 is 2.90 bits per heavy atom. The van der Waals surface area contributed by atoms with Gasteiger partial charge >= 0.3 is 0 Å². The Balaban J connectivity index is 1.63. The van der Waals surface area contributed by atoms with E-state index in [0.29, 0.717) is 11.5 Å². The van der Waals surface area contributed by atoms with Gasteiger partial charge in [0.2, 0.25) is 0 Å². The molecule has 1 aliphatic heterocycles. The highest BCUT2D eigenvalue weighted by molar-refractivity contribution is 5.39. The van der Waals surface area contributed by atoms with Crippen molar-refractivity contribution < 1.29 is 4.74 Å². The van der Waals surface area contributed by atoms with Crippen LogP contribution in [0, 0.1) is 5.41 Å². The van der Waals surface area contributed by atoms with Gasteiger partial charge in [-0.2, -0.15) is 0 Å². The van der Waals surface area contributed by atoms with Gasteiger partial charge in [0.25, 0.3) is 0 Å². The van der Waals surface area contributed by atoms with Gasteiger partial charge in [-0.3, -0.25) is 11.3 Å². The zero-order chi connectivity index (χ0) is 14.0. The van der Waals surface area contributed by atoms with Crippen LogP contribution in [0.4, 0.5) is 0 Å². The van der Waals surface area contributed by atoms with Crippen molar-refractivity contribution in [1.82, 2.24) is 5.43 Å². The number of nitrogens with one attached hydrogen (secondary N) is 1. The highest BCUT2D eigenvalue weighted by Gasteiger charge is 2.36. The summed E-state index contributed by atoms with van der Waals surface area (Å²) in [5.74, 6) is 6.90. The van der Waals surface area contributed by atoms with Crippen molar-refractivity contribution in [1.29, 1.82) is 0 Å². The molecular weight excluding hydrogens is 248 g/mol. The van der Waals surface area contributed by atoms with E-state index in [1.807, 2.05) is 0 Å². The molecule has 3 rings (SSSR count). The van der Waals surface area contributed by atoms with Crippen LogP contribution in [0.2, 0.25) is 0 Å². The van der Waals surface area contributed by atoms with E-state index in [0.717, 1.165) is 31.6 Å². The van der Waals surface area contributed by atoms with Gasteiger partial charge in [0, 0.05) is 12.5 Å². The zero-order valence-corrected chi connectivity index (χ0v) is 12.5. The molecule has 1 aromatic rings. The molecule has 1 heterocycles. The second-order valence-electron chi connectivity index (χ2n) is 6.66. The van der Waals surface area contributed by atoms with Gasteiger partial charge in [0.15, 0.2) is 0 Å². The summed E-state index contributed by atoms with van der Waals surface area (Å²) in [5, 5.41) is 0. The molecule has 1 aromatic carbocycles. The minimum Gasteiger partial charge on any atom is -0.493 e. The quantitative estimate of drug-likeness (QED) is 0.641. The van der Waals surface area contributed by atoms with Gasteiger partial charge in [-0.25, -0.2) is 0 Å². The standard InChI is InChI=1S/C17H26N2O/c1-17(9-2-3-10-17)16(19-18)7-5-13-4-6-15-14(12-13)8-11-20-15/h4,6,12,16,19H,2-3,5,7-11,18H2,1H3. The summed E-state index contributed by atoms with van der Waals surface area (Å²) in [6.45, 7) is 3.23. The molecule has 1 fully saturated rings. The van der Waals surface area contributed by atoms with Crippen molar-refractivity contribution >= 4 is 0 Å². The van der Waals surface area contributed by atoms with Crippen molar-refractivity contribution in [3.63, 3.8) is 0 Å². The Labute approximate surface area is 121 Å². The lowest BCUT2D eigenvalue weighted by molar-refractivity contribution is 0.211. The van der Waals surface area contributed by atoms with E-state index in [1.165, 1.54) is 36.8 Å². The largest absolute Gasteiger partial charge is 0.493 e. The number of aryl methyl sites for hydroxylation is 1. The van der Waals surface area contributed by atoms with Crippen LogP contribution in [0.5, 0.6) is 5.75 Å². The predicted molar refractivity (Wildman–Crippen MR) is 81.6 cm³/mol. The van der Waals surface area contributed by atoms with Crippen LogP contribution in [-0.4, -0.2) is 12.6 Å². The highest BCUT2D eigenvalue weighted by atomic mass is 16.5. The minimum atomic E-state index is 0.384. The van der Waals surface area contributed by atoms with Gasteiger partial charge in [-0.1, -0.05) is 31.9 Å². The van der Waals surface area contributed by atoms with Gasteiger partial charge < -0.3 is 4.74 Å². The molecule has 1 atom stereocenters. The van der Waals surface area contributed by atoms with Crippen LogP contribution >= 0.6 is 0 Å². The van der Waals surface area contributed by atoms with E-state index in [2.05, 4.69) is 30.5 Å². The van der Waals surface area contributed by atoms with E-state index < -0.39 is 0 Å². The Morgan fingerprint density at radius 2 is 2.15 bits per heavy atom. The summed E-state index contributed by atoms with van der Waals surface area (Å²) in [7, 11) is 0. The number of benzene rings is 1. The van der Waals surface area contributed by atoms with Crippen LogP contribution in [0.15, 0.2) is 18.2 Å². The molecule has 1 saturated carbocycles. The maximum absolute atomic E-state index is 5.82. The first kappa shape index (κ1) is 13.9. The second-order valence-corrected chi connectivity index (χ2v) is 6.66. The summed E-state index contributed by atoms with van der Waals surface area (Å²) in [6.07, 6.45) is 8.58. The number of nitrogens with two attached hydrogens (primary N) is 1. The van der Waals surface area contributed by atoms with Crippen LogP contribution in [0.25, 0.3) is 0 Å². The highest BCUT2D eigenvalue weighted by Crippen LogP contribution is 2.41. The summed E-state index contributed by atoms with van der Waals surface area (Å²) in [6, 6.07) is 7.07. The fourth-order valence-electron chi connectivity index (χ4n) is 3.87. The van der Waals surface area contributed by atoms with Gasteiger partial charge in [-0.15, -0.1) is 0 Å². The number of hydrazine groups is 1. The first-order valence-electron chi connectivity index (χ1n) is 7.92. The summed E-state index contributed by atoms with van der Waals surface area (Å²) < 4.78 is 5.57. The minimum absolute atomic E-state index is 0.384. The first-order chi connectivity index (χ1) is 9.71. The Morgan fingerprint density at radius 1 is 1.35 bits per heavy atom. The van der Waals surface area contributed by atoms with Crippen molar-refractivity contribution in [3.8, 4) is 5.75 Å². The summed E-state index contributed by atoms with van der Waals surface area (Å²) in [5.41, 5.74) is 6.25. The van der Waals surface area contributed by atoms with Crippen LogP contribution in [0.3, 0.4) is 0 Å². The molecule has 0 amide bonds. The lowest BCUT2D eigenvalue weighted by atomic mass is 9.78. The molecule has 3 N–H and O–H groups in total. The molecule has 0 bridgehead atoms. The molecule has 3 heteroatoms. The zero-order valence-electron chi connectivity index (χ0n) is 12.5. The molecule has 0 spiro atoms. The van der Waals surface area contributed by atoms with Crippen molar-refractivity contribution in [2.24, 2.45) is 11.3 Å². The Kier molecular flexibility index (Phi) is 3.99. The monoisotopic (exact) mass is 274 g/mol. The lowest BCUT2D eigenvalue weighted by Gasteiger charge is -2.33. The average Bonchev–Trinajstić information content (AvgIpc) is 3.08. The normalized spacial score (nSPS) is 21.5. The third kappa shape index (κ3) is 2.70. The van der Waals surface area contributed by atoms with E-state index in [-0.39, 0.29) is 0 Å².